The summed E-state index contributed by atoms with van der Waals surface area (Å²) >= 11 is 0. The van der Waals surface area contributed by atoms with Crippen molar-refractivity contribution < 1.29 is 0 Å². The van der Waals surface area contributed by atoms with Gasteiger partial charge in [-0.25, -0.2) is 0 Å². The van der Waals surface area contributed by atoms with Gasteiger partial charge in [-0.15, -0.1) is 5.10 Å². The highest BCUT2D eigenvalue weighted by Crippen LogP contribution is 2.25. The van der Waals surface area contributed by atoms with Crippen LogP contribution >= 0.6 is 0 Å². The largest absolute Gasteiger partial charge is 0.352 e. The van der Waals surface area contributed by atoms with Crippen LogP contribution in [0.15, 0.2) is 6.20 Å². The molecule has 0 bridgehead atoms. The van der Waals surface area contributed by atoms with Crippen LogP contribution in [0.2, 0.25) is 0 Å². The molecule has 1 aromatic heterocycles. The Morgan fingerprint density at radius 1 is 1.35 bits per heavy atom. The molecular weight excluding hydrogens is 250 g/mol. The molecule has 1 aliphatic heterocycles. The van der Waals surface area contributed by atoms with Crippen LogP contribution in [-0.2, 0) is 0 Å². The van der Waals surface area contributed by atoms with Crippen molar-refractivity contribution >= 4 is 11.8 Å². The van der Waals surface area contributed by atoms with E-state index in [0.717, 1.165) is 31.3 Å². The summed E-state index contributed by atoms with van der Waals surface area (Å²) in [5.74, 6) is 1.74. The zero-order chi connectivity index (χ0) is 14.4. The molecule has 112 valence electrons. The van der Waals surface area contributed by atoms with E-state index in [-0.39, 0.29) is 0 Å². The standard InChI is InChI=1S/C15H27N5/c1-4-6-10-19(3)15-17-14(12-16-18-15)20-11-8-7-9-13(20)5-2/h12-13H,4-11H2,1-3H3. The van der Waals surface area contributed by atoms with Crippen molar-refractivity contribution in [2.75, 3.05) is 29.9 Å². The van der Waals surface area contributed by atoms with Gasteiger partial charge >= 0.3 is 0 Å². The summed E-state index contributed by atoms with van der Waals surface area (Å²) in [7, 11) is 2.05. The van der Waals surface area contributed by atoms with Crippen LogP contribution < -0.4 is 9.80 Å². The normalized spacial score (nSPS) is 19.1. The number of hydrogen-bond donors (Lipinski definition) is 0. The lowest BCUT2D eigenvalue weighted by atomic mass is 10.0. The van der Waals surface area contributed by atoms with E-state index < -0.39 is 0 Å². The Hall–Kier alpha value is -1.39. The molecule has 2 heterocycles. The first kappa shape index (κ1) is 15.0. The van der Waals surface area contributed by atoms with E-state index in [9.17, 15) is 0 Å². The van der Waals surface area contributed by atoms with Gasteiger partial charge in [0.05, 0.1) is 6.20 Å². The molecule has 1 aromatic rings. The van der Waals surface area contributed by atoms with Gasteiger partial charge in [-0.2, -0.15) is 10.1 Å². The minimum atomic E-state index is 0.606. The Labute approximate surface area is 122 Å². The van der Waals surface area contributed by atoms with Crippen molar-refractivity contribution in [3.05, 3.63) is 6.20 Å². The summed E-state index contributed by atoms with van der Waals surface area (Å²) in [6.45, 7) is 6.53. The number of piperidine rings is 1. The van der Waals surface area contributed by atoms with Gasteiger partial charge in [0.25, 0.3) is 0 Å². The Bertz CT molecular complexity index is 409. The molecule has 5 nitrogen and oxygen atoms in total. The van der Waals surface area contributed by atoms with Crippen molar-refractivity contribution in [2.45, 2.75) is 58.4 Å². The van der Waals surface area contributed by atoms with Gasteiger partial charge in [-0.1, -0.05) is 20.3 Å². The van der Waals surface area contributed by atoms with E-state index >= 15 is 0 Å². The smallest absolute Gasteiger partial charge is 0.247 e. The van der Waals surface area contributed by atoms with Crippen molar-refractivity contribution in [2.24, 2.45) is 0 Å². The summed E-state index contributed by atoms with van der Waals surface area (Å²) in [6.07, 6.45) is 9.17. The maximum absolute atomic E-state index is 4.73. The Morgan fingerprint density at radius 3 is 2.95 bits per heavy atom. The summed E-state index contributed by atoms with van der Waals surface area (Å²) in [5, 5.41) is 8.34. The van der Waals surface area contributed by atoms with E-state index in [2.05, 4.69) is 33.8 Å². The van der Waals surface area contributed by atoms with Gasteiger partial charge in [0.1, 0.15) is 0 Å². The third-order valence-electron chi connectivity index (χ3n) is 4.12. The molecular formula is C15H27N5. The average Bonchev–Trinajstić information content (AvgIpc) is 2.52. The second kappa shape index (κ2) is 7.41. The van der Waals surface area contributed by atoms with Gasteiger partial charge in [0.15, 0.2) is 5.82 Å². The van der Waals surface area contributed by atoms with Crippen LogP contribution in [-0.4, -0.2) is 41.4 Å². The number of unbranched alkanes of at least 4 members (excludes halogenated alkanes) is 1. The summed E-state index contributed by atoms with van der Waals surface area (Å²) in [5.41, 5.74) is 0. The van der Waals surface area contributed by atoms with Gasteiger partial charge in [0, 0.05) is 26.2 Å². The molecule has 0 saturated carbocycles. The molecule has 0 amide bonds. The fourth-order valence-electron chi connectivity index (χ4n) is 2.81. The van der Waals surface area contributed by atoms with E-state index in [4.69, 9.17) is 4.98 Å². The number of aromatic nitrogens is 3. The average molecular weight is 277 g/mol. The Balaban J connectivity index is 2.11. The van der Waals surface area contributed by atoms with Gasteiger partial charge in [0.2, 0.25) is 5.95 Å². The minimum Gasteiger partial charge on any atom is -0.352 e. The first-order valence-corrected chi connectivity index (χ1v) is 7.93. The maximum Gasteiger partial charge on any atom is 0.247 e. The highest BCUT2D eigenvalue weighted by Gasteiger charge is 2.23. The molecule has 1 unspecified atom stereocenters. The fraction of sp³-hybridized carbons (Fsp3) is 0.800. The Kier molecular flexibility index (Phi) is 5.56. The van der Waals surface area contributed by atoms with Crippen LogP contribution in [0.1, 0.15) is 52.4 Å². The second-order valence-electron chi connectivity index (χ2n) is 5.64. The molecule has 1 atom stereocenters. The van der Waals surface area contributed by atoms with Crippen LogP contribution in [0, 0.1) is 0 Å². The van der Waals surface area contributed by atoms with Crippen molar-refractivity contribution in [1.29, 1.82) is 0 Å². The minimum absolute atomic E-state index is 0.606. The van der Waals surface area contributed by atoms with Crippen LogP contribution in [0.5, 0.6) is 0 Å². The molecule has 0 N–H and O–H groups in total. The quantitative estimate of drug-likeness (QED) is 0.800. The number of anilines is 2. The molecule has 0 spiro atoms. The van der Waals surface area contributed by atoms with E-state index in [0.29, 0.717) is 6.04 Å². The predicted octanol–water partition coefficient (Wildman–Crippen LogP) is 2.88. The van der Waals surface area contributed by atoms with Crippen molar-refractivity contribution in [3.63, 3.8) is 0 Å². The third-order valence-corrected chi connectivity index (χ3v) is 4.12. The highest BCUT2D eigenvalue weighted by molar-refractivity contribution is 5.42. The van der Waals surface area contributed by atoms with E-state index in [1.54, 1.807) is 0 Å². The fourth-order valence-corrected chi connectivity index (χ4v) is 2.81. The highest BCUT2D eigenvalue weighted by atomic mass is 15.3. The zero-order valence-corrected chi connectivity index (χ0v) is 13.0. The molecule has 5 heteroatoms. The van der Waals surface area contributed by atoms with Crippen LogP contribution in [0.3, 0.4) is 0 Å². The maximum atomic E-state index is 4.73. The predicted molar refractivity (Wildman–Crippen MR) is 83.3 cm³/mol. The Morgan fingerprint density at radius 2 is 2.20 bits per heavy atom. The number of nitrogens with zero attached hydrogens (tertiary/aromatic N) is 5. The summed E-state index contributed by atoms with van der Waals surface area (Å²) in [4.78, 5) is 9.24. The first-order chi connectivity index (χ1) is 9.76. The van der Waals surface area contributed by atoms with Crippen molar-refractivity contribution in [1.82, 2.24) is 15.2 Å². The SMILES string of the molecule is CCCCN(C)c1nncc(N2CCCCC2CC)n1. The lowest BCUT2D eigenvalue weighted by molar-refractivity contribution is 0.446. The molecule has 1 saturated heterocycles. The van der Waals surface area contributed by atoms with Crippen molar-refractivity contribution in [3.8, 4) is 0 Å². The lowest BCUT2D eigenvalue weighted by Gasteiger charge is -2.36. The first-order valence-electron chi connectivity index (χ1n) is 7.93. The monoisotopic (exact) mass is 277 g/mol. The third kappa shape index (κ3) is 3.58. The lowest BCUT2D eigenvalue weighted by Crippen LogP contribution is -2.40. The summed E-state index contributed by atoms with van der Waals surface area (Å²) in [6, 6.07) is 0.606. The van der Waals surface area contributed by atoms with Crippen LogP contribution in [0.25, 0.3) is 0 Å². The number of hydrogen-bond acceptors (Lipinski definition) is 5. The van der Waals surface area contributed by atoms with Gasteiger partial charge < -0.3 is 9.80 Å². The molecule has 0 radical (unpaired) electrons. The van der Waals surface area contributed by atoms with Gasteiger partial charge in [-0.3, -0.25) is 0 Å². The molecule has 20 heavy (non-hydrogen) atoms. The number of rotatable bonds is 6. The molecule has 1 fully saturated rings. The topological polar surface area (TPSA) is 45.2 Å². The molecule has 0 aromatic carbocycles. The molecule has 0 aliphatic carbocycles. The van der Waals surface area contributed by atoms with Gasteiger partial charge in [-0.05, 0) is 32.1 Å². The van der Waals surface area contributed by atoms with E-state index in [1.807, 2.05) is 13.2 Å². The van der Waals surface area contributed by atoms with E-state index in [1.165, 1.54) is 32.1 Å². The second-order valence-corrected chi connectivity index (χ2v) is 5.64. The van der Waals surface area contributed by atoms with Crippen LogP contribution in [0.4, 0.5) is 11.8 Å². The molecule has 1 aliphatic rings. The summed E-state index contributed by atoms with van der Waals surface area (Å²) < 4.78 is 0. The zero-order valence-electron chi connectivity index (χ0n) is 13.0. The molecule has 2 rings (SSSR count).